The van der Waals surface area contributed by atoms with Gasteiger partial charge in [0.1, 0.15) is 0 Å². The zero-order chi connectivity index (χ0) is 10.7. The maximum Gasteiger partial charge on any atom is 0.0877 e. The van der Waals surface area contributed by atoms with Crippen molar-refractivity contribution in [2.75, 3.05) is 19.7 Å². The Morgan fingerprint density at radius 1 is 1.38 bits per heavy atom. The van der Waals surface area contributed by atoms with Crippen LogP contribution in [-0.4, -0.2) is 19.7 Å². The van der Waals surface area contributed by atoms with Crippen molar-refractivity contribution in [2.45, 2.75) is 13.0 Å². The minimum Gasteiger partial charge on any atom is -0.373 e. The summed E-state index contributed by atoms with van der Waals surface area (Å²) in [5.41, 5.74) is 1.23. The van der Waals surface area contributed by atoms with E-state index in [1.165, 1.54) is 5.56 Å². The highest BCUT2D eigenvalue weighted by Gasteiger charge is 2.28. The van der Waals surface area contributed by atoms with E-state index in [1.54, 1.807) is 0 Å². The molecule has 0 amide bonds. The lowest BCUT2D eigenvalue weighted by Crippen LogP contribution is -2.45. The van der Waals surface area contributed by atoms with E-state index in [-0.39, 0.29) is 18.5 Å². The molecular formula is C12H17Cl2NO. The molecule has 1 aromatic rings. The molecule has 0 saturated carbocycles. The summed E-state index contributed by atoms with van der Waals surface area (Å²) in [4.78, 5) is 0. The van der Waals surface area contributed by atoms with Crippen molar-refractivity contribution in [3.63, 3.8) is 0 Å². The molecule has 0 radical (unpaired) electrons. The van der Waals surface area contributed by atoms with Crippen LogP contribution in [0.25, 0.3) is 0 Å². The van der Waals surface area contributed by atoms with Crippen LogP contribution >= 0.6 is 24.0 Å². The molecule has 1 aliphatic heterocycles. The SMILES string of the molecule is CCO[C@@H](c1ccc(Cl)cc1)C1CNC1.Cl. The van der Waals surface area contributed by atoms with Crippen LogP contribution in [0.4, 0.5) is 0 Å². The predicted molar refractivity (Wildman–Crippen MR) is 69.4 cm³/mol. The highest BCUT2D eigenvalue weighted by molar-refractivity contribution is 6.30. The maximum absolute atomic E-state index is 5.87. The first-order chi connectivity index (χ1) is 7.31. The second-order valence-corrected chi connectivity index (χ2v) is 4.28. The van der Waals surface area contributed by atoms with Gasteiger partial charge in [0, 0.05) is 30.6 Å². The molecule has 1 fully saturated rings. The van der Waals surface area contributed by atoms with Gasteiger partial charge in [-0.1, -0.05) is 23.7 Å². The Balaban J connectivity index is 0.00000128. The van der Waals surface area contributed by atoms with Crippen molar-refractivity contribution < 1.29 is 4.74 Å². The highest BCUT2D eigenvalue weighted by atomic mass is 35.5. The van der Waals surface area contributed by atoms with E-state index in [2.05, 4.69) is 17.4 Å². The summed E-state index contributed by atoms with van der Waals surface area (Å²) in [6.07, 6.45) is 0.216. The van der Waals surface area contributed by atoms with Gasteiger partial charge in [0.2, 0.25) is 0 Å². The molecule has 0 bridgehead atoms. The Kier molecular flexibility index (Phi) is 5.56. The van der Waals surface area contributed by atoms with E-state index in [1.807, 2.05) is 19.1 Å². The molecule has 90 valence electrons. The molecule has 1 atom stereocenters. The lowest BCUT2D eigenvalue weighted by molar-refractivity contribution is 0.000437. The molecule has 0 aliphatic carbocycles. The molecule has 1 aliphatic rings. The van der Waals surface area contributed by atoms with E-state index in [0.29, 0.717) is 5.92 Å². The molecule has 1 N–H and O–H groups in total. The quantitative estimate of drug-likeness (QED) is 0.900. The second kappa shape index (κ2) is 6.45. The monoisotopic (exact) mass is 261 g/mol. The topological polar surface area (TPSA) is 21.3 Å². The third kappa shape index (κ3) is 3.11. The van der Waals surface area contributed by atoms with Crippen molar-refractivity contribution in [3.05, 3.63) is 34.9 Å². The number of halogens is 2. The van der Waals surface area contributed by atoms with E-state index in [0.717, 1.165) is 24.7 Å². The van der Waals surface area contributed by atoms with Crippen molar-refractivity contribution in [1.29, 1.82) is 0 Å². The summed E-state index contributed by atoms with van der Waals surface area (Å²) in [5, 5.41) is 4.05. The van der Waals surface area contributed by atoms with Crippen LogP contribution in [0.5, 0.6) is 0 Å². The Labute approximate surface area is 108 Å². The molecule has 0 spiro atoms. The van der Waals surface area contributed by atoms with Gasteiger partial charge in [0.15, 0.2) is 0 Å². The summed E-state index contributed by atoms with van der Waals surface area (Å²) in [6.45, 7) is 4.89. The number of nitrogens with one attached hydrogen (secondary N) is 1. The Morgan fingerprint density at radius 2 is 2.00 bits per heavy atom. The summed E-state index contributed by atoms with van der Waals surface area (Å²) < 4.78 is 5.79. The van der Waals surface area contributed by atoms with Gasteiger partial charge in [-0.05, 0) is 24.6 Å². The third-order valence-electron chi connectivity index (χ3n) is 2.79. The summed E-state index contributed by atoms with van der Waals surface area (Å²) in [7, 11) is 0. The fourth-order valence-electron chi connectivity index (χ4n) is 1.86. The van der Waals surface area contributed by atoms with E-state index in [9.17, 15) is 0 Å². The molecule has 1 heterocycles. The molecule has 4 heteroatoms. The fraction of sp³-hybridized carbons (Fsp3) is 0.500. The molecule has 2 nitrogen and oxygen atoms in total. The maximum atomic E-state index is 5.87. The molecule has 2 rings (SSSR count). The number of hydrogen-bond acceptors (Lipinski definition) is 2. The average Bonchev–Trinajstić information content (AvgIpc) is 2.16. The molecule has 16 heavy (non-hydrogen) atoms. The van der Waals surface area contributed by atoms with Crippen LogP contribution in [0.2, 0.25) is 5.02 Å². The zero-order valence-corrected chi connectivity index (χ0v) is 10.9. The van der Waals surface area contributed by atoms with Gasteiger partial charge in [-0.3, -0.25) is 0 Å². The fourth-order valence-corrected chi connectivity index (χ4v) is 1.99. The van der Waals surface area contributed by atoms with Gasteiger partial charge in [-0.2, -0.15) is 0 Å². The van der Waals surface area contributed by atoms with Gasteiger partial charge in [0.05, 0.1) is 6.10 Å². The van der Waals surface area contributed by atoms with Crippen LogP contribution in [0.15, 0.2) is 24.3 Å². The van der Waals surface area contributed by atoms with Gasteiger partial charge in [0.25, 0.3) is 0 Å². The van der Waals surface area contributed by atoms with Gasteiger partial charge >= 0.3 is 0 Å². The van der Waals surface area contributed by atoms with Crippen molar-refractivity contribution in [2.24, 2.45) is 5.92 Å². The first-order valence-corrected chi connectivity index (χ1v) is 5.77. The summed E-state index contributed by atoms with van der Waals surface area (Å²) in [6, 6.07) is 7.96. The van der Waals surface area contributed by atoms with Crippen LogP contribution in [0, 0.1) is 5.92 Å². The molecular weight excluding hydrogens is 245 g/mol. The summed E-state index contributed by atoms with van der Waals surface area (Å²) in [5.74, 6) is 0.603. The third-order valence-corrected chi connectivity index (χ3v) is 3.04. The first kappa shape index (κ1) is 13.8. The van der Waals surface area contributed by atoms with Crippen LogP contribution < -0.4 is 5.32 Å². The zero-order valence-electron chi connectivity index (χ0n) is 9.28. The lowest BCUT2D eigenvalue weighted by atomic mass is 9.91. The molecule has 0 unspecified atom stereocenters. The minimum absolute atomic E-state index is 0. The minimum atomic E-state index is 0. The summed E-state index contributed by atoms with van der Waals surface area (Å²) >= 11 is 5.87. The normalized spacial score (nSPS) is 17.4. The first-order valence-electron chi connectivity index (χ1n) is 5.39. The Hall–Kier alpha value is -0.280. The second-order valence-electron chi connectivity index (χ2n) is 3.85. The number of hydrogen-bond donors (Lipinski definition) is 1. The number of ether oxygens (including phenoxy) is 1. The van der Waals surface area contributed by atoms with Crippen LogP contribution in [-0.2, 0) is 4.74 Å². The largest absolute Gasteiger partial charge is 0.373 e. The smallest absolute Gasteiger partial charge is 0.0877 e. The predicted octanol–water partition coefficient (Wildman–Crippen LogP) is 3.06. The average molecular weight is 262 g/mol. The lowest BCUT2D eigenvalue weighted by Gasteiger charge is -2.34. The molecule has 1 saturated heterocycles. The van der Waals surface area contributed by atoms with Crippen molar-refractivity contribution >= 4 is 24.0 Å². The molecule has 0 aromatic heterocycles. The van der Waals surface area contributed by atoms with E-state index < -0.39 is 0 Å². The molecule has 1 aromatic carbocycles. The Morgan fingerprint density at radius 3 is 2.44 bits per heavy atom. The van der Waals surface area contributed by atoms with Gasteiger partial charge in [-0.25, -0.2) is 0 Å². The standard InChI is InChI=1S/C12H16ClNO.ClH/c1-2-15-12(10-7-14-8-10)9-3-5-11(13)6-4-9;/h3-6,10,12,14H,2,7-8H2,1H3;1H/t12-;/m0./s1. The highest BCUT2D eigenvalue weighted by Crippen LogP contribution is 2.29. The van der Waals surface area contributed by atoms with Gasteiger partial charge in [-0.15, -0.1) is 12.4 Å². The van der Waals surface area contributed by atoms with Gasteiger partial charge < -0.3 is 10.1 Å². The van der Waals surface area contributed by atoms with Crippen molar-refractivity contribution in [1.82, 2.24) is 5.32 Å². The number of rotatable bonds is 4. The van der Waals surface area contributed by atoms with Crippen molar-refractivity contribution in [3.8, 4) is 0 Å². The Bertz CT molecular complexity index is 311. The van der Waals surface area contributed by atoms with Crippen LogP contribution in [0.1, 0.15) is 18.6 Å². The van der Waals surface area contributed by atoms with E-state index >= 15 is 0 Å². The number of benzene rings is 1. The van der Waals surface area contributed by atoms with Crippen LogP contribution in [0.3, 0.4) is 0 Å². The van der Waals surface area contributed by atoms with E-state index in [4.69, 9.17) is 16.3 Å².